The van der Waals surface area contributed by atoms with E-state index in [2.05, 4.69) is 44.0 Å². The Morgan fingerprint density at radius 1 is 1.18 bits per heavy atom. The van der Waals surface area contributed by atoms with Gasteiger partial charge in [0.2, 0.25) is 5.91 Å². The van der Waals surface area contributed by atoms with Crippen LogP contribution in [-0.2, 0) is 4.79 Å². The Morgan fingerprint density at radius 2 is 1.97 bits per heavy atom. The number of aryl methyl sites for hydroxylation is 3. The Labute approximate surface area is 194 Å². The van der Waals surface area contributed by atoms with Crippen molar-refractivity contribution in [3.63, 3.8) is 0 Å². The van der Waals surface area contributed by atoms with Gasteiger partial charge in [-0.05, 0) is 58.5 Å². The molecule has 0 saturated carbocycles. The zero-order valence-electron chi connectivity index (χ0n) is 20.1. The molecule has 0 radical (unpaired) electrons. The molecule has 4 rings (SSSR count). The summed E-state index contributed by atoms with van der Waals surface area (Å²) >= 11 is 0. The number of carbonyl (C=O) groups excluding carboxylic acids is 1. The van der Waals surface area contributed by atoms with Crippen LogP contribution in [0, 0.1) is 20.8 Å². The van der Waals surface area contributed by atoms with Crippen molar-refractivity contribution in [2.24, 2.45) is 0 Å². The van der Waals surface area contributed by atoms with Gasteiger partial charge < -0.3 is 9.73 Å². The lowest BCUT2D eigenvalue weighted by Gasteiger charge is -2.26. The highest BCUT2D eigenvalue weighted by Gasteiger charge is 2.27. The van der Waals surface area contributed by atoms with Gasteiger partial charge in [-0.3, -0.25) is 14.6 Å². The smallest absolute Gasteiger partial charge is 0.239 e. The van der Waals surface area contributed by atoms with Crippen molar-refractivity contribution in [2.45, 2.75) is 47.1 Å². The van der Waals surface area contributed by atoms with Gasteiger partial charge in [-0.15, -0.1) is 0 Å². The van der Waals surface area contributed by atoms with Gasteiger partial charge in [-0.2, -0.15) is 5.10 Å². The van der Waals surface area contributed by atoms with E-state index in [-0.39, 0.29) is 5.91 Å². The molecule has 0 spiro atoms. The number of rotatable bonds is 8. The van der Waals surface area contributed by atoms with Crippen molar-refractivity contribution >= 4 is 11.7 Å². The third-order valence-electron chi connectivity index (χ3n) is 6.11. The molecule has 1 N–H and O–H groups in total. The SMILES string of the molecule is CCN(CC)[C@@H]1CCN(CC(=O)Nc2cc(-n3nc(C)cc3C)nc(-c3ccc(C)o3)n2)C1. The molecule has 3 aromatic rings. The number of nitrogens with zero attached hydrogens (tertiary/aromatic N) is 6. The van der Waals surface area contributed by atoms with Crippen molar-refractivity contribution < 1.29 is 9.21 Å². The fraction of sp³-hybridized carbons (Fsp3) is 0.500. The molecular weight excluding hydrogens is 418 g/mol. The van der Waals surface area contributed by atoms with E-state index in [1.165, 1.54) is 0 Å². The molecule has 0 bridgehead atoms. The van der Waals surface area contributed by atoms with Crippen molar-refractivity contribution in [3.05, 3.63) is 41.4 Å². The number of likely N-dealkylation sites (tertiary alicyclic amines) is 1. The van der Waals surface area contributed by atoms with Gasteiger partial charge in [0.25, 0.3) is 0 Å². The summed E-state index contributed by atoms with van der Waals surface area (Å²) < 4.78 is 7.49. The zero-order valence-corrected chi connectivity index (χ0v) is 20.1. The van der Waals surface area contributed by atoms with Crippen LogP contribution in [0.4, 0.5) is 5.82 Å². The molecule has 3 aromatic heterocycles. The summed E-state index contributed by atoms with van der Waals surface area (Å²) in [5.74, 6) is 2.65. The van der Waals surface area contributed by atoms with Gasteiger partial charge in [0.05, 0.1) is 12.2 Å². The summed E-state index contributed by atoms with van der Waals surface area (Å²) in [5.41, 5.74) is 1.84. The molecule has 0 aliphatic carbocycles. The first-order valence-corrected chi connectivity index (χ1v) is 11.6. The first kappa shape index (κ1) is 23.1. The minimum absolute atomic E-state index is 0.0882. The highest BCUT2D eigenvalue weighted by atomic mass is 16.3. The fourth-order valence-corrected chi connectivity index (χ4v) is 4.51. The van der Waals surface area contributed by atoms with Crippen molar-refractivity contribution in [1.82, 2.24) is 29.5 Å². The zero-order chi connectivity index (χ0) is 23.5. The maximum atomic E-state index is 12.9. The van der Waals surface area contributed by atoms with Crippen LogP contribution < -0.4 is 5.32 Å². The number of hydrogen-bond donors (Lipinski definition) is 1. The van der Waals surface area contributed by atoms with Crippen LogP contribution in [0.2, 0.25) is 0 Å². The monoisotopic (exact) mass is 451 g/mol. The van der Waals surface area contributed by atoms with Crippen LogP contribution in [0.1, 0.15) is 37.4 Å². The lowest BCUT2D eigenvalue weighted by atomic mass is 10.2. The highest BCUT2D eigenvalue weighted by Crippen LogP contribution is 2.23. The molecule has 33 heavy (non-hydrogen) atoms. The lowest BCUT2D eigenvalue weighted by Crippen LogP contribution is -2.39. The summed E-state index contributed by atoms with van der Waals surface area (Å²) in [6, 6.07) is 7.94. The minimum atomic E-state index is -0.0882. The summed E-state index contributed by atoms with van der Waals surface area (Å²) in [7, 11) is 0. The maximum absolute atomic E-state index is 12.9. The van der Waals surface area contributed by atoms with Gasteiger partial charge in [0.15, 0.2) is 17.4 Å². The second kappa shape index (κ2) is 9.84. The van der Waals surface area contributed by atoms with Gasteiger partial charge >= 0.3 is 0 Å². The van der Waals surface area contributed by atoms with Gasteiger partial charge in [-0.1, -0.05) is 13.8 Å². The van der Waals surface area contributed by atoms with Gasteiger partial charge in [0, 0.05) is 30.9 Å². The van der Waals surface area contributed by atoms with Crippen LogP contribution in [-0.4, -0.2) is 74.2 Å². The van der Waals surface area contributed by atoms with Crippen molar-refractivity contribution in [1.29, 1.82) is 0 Å². The molecule has 4 heterocycles. The number of likely N-dealkylation sites (N-methyl/N-ethyl adjacent to an activating group) is 1. The standard InChI is InChI=1S/C24H33N7O2/c1-6-30(7-2)19-10-11-29(14-19)15-23(32)25-21-13-22(31-17(4)12-16(3)28-31)27-24(26-21)20-9-8-18(5)33-20/h8-9,12-13,19H,6-7,10-11,14-15H2,1-5H3,(H,25,26,27,32)/t19-/m1/s1. The van der Waals surface area contributed by atoms with E-state index in [0.29, 0.717) is 35.8 Å². The Bertz CT molecular complexity index is 1120. The summed E-state index contributed by atoms with van der Waals surface area (Å²) in [6.07, 6.45) is 1.09. The predicted molar refractivity (Wildman–Crippen MR) is 127 cm³/mol. The van der Waals surface area contributed by atoms with E-state index >= 15 is 0 Å². The maximum Gasteiger partial charge on any atom is 0.239 e. The van der Waals surface area contributed by atoms with E-state index in [9.17, 15) is 4.79 Å². The highest BCUT2D eigenvalue weighted by molar-refractivity contribution is 5.91. The molecule has 1 aliphatic heterocycles. The van der Waals surface area contributed by atoms with Crippen LogP contribution in [0.3, 0.4) is 0 Å². The molecule has 1 saturated heterocycles. The van der Waals surface area contributed by atoms with Crippen LogP contribution in [0.15, 0.2) is 28.7 Å². The number of nitrogens with one attached hydrogen (secondary N) is 1. The Kier molecular flexibility index (Phi) is 6.90. The molecule has 1 amide bonds. The first-order valence-electron chi connectivity index (χ1n) is 11.6. The number of aromatic nitrogens is 4. The molecule has 1 aliphatic rings. The van der Waals surface area contributed by atoms with Crippen LogP contribution in [0.5, 0.6) is 0 Å². The third-order valence-corrected chi connectivity index (χ3v) is 6.11. The quantitative estimate of drug-likeness (QED) is 0.562. The van der Waals surface area contributed by atoms with E-state index in [1.807, 2.05) is 39.0 Å². The molecular formula is C24H33N7O2. The Balaban J connectivity index is 1.53. The number of carbonyl (C=O) groups is 1. The molecule has 1 atom stereocenters. The van der Waals surface area contributed by atoms with E-state index in [0.717, 1.165) is 49.7 Å². The largest absolute Gasteiger partial charge is 0.458 e. The van der Waals surface area contributed by atoms with E-state index in [4.69, 9.17) is 4.42 Å². The van der Waals surface area contributed by atoms with Crippen molar-refractivity contribution in [3.8, 4) is 17.4 Å². The molecule has 9 heteroatoms. The average Bonchev–Trinajstić information content (AvgIpc) is 3.49. The molecule has 0 unspecified atom stereocenters. The molecule has 176 valence electrons. The van der Waals surface area contributed by atoms with Gasteiger partial charge in [0.1, 0.15) is 11.6 Å². The first-order chi connectivity index (χ1) is 15.9. The molecule has 9 nitrogen and oxygen atoms in total. The average molecular weight is 452 g/mol. The normalized spacial score (nSPS) is 16.6. The predicted octanol–water partition coefficient (Wildman–Crippen LogP) is 3.20. The second-order valence-corrected chi connectivity index (χ2v) is 8.63. The number of amides is 1. The third kappa shape index (κ3) is 5.31. The van der Waals surface area contributed by atoms with Gasteiger partial charge in [-0.25, -0.2) is 14.6 Å². The topological polar surface area (TPSA) is 92.3 Å². The number of anilines is 1. The number of hydrogen-bond acceptors (Lipinski definition) is 7. The fourth-order valence-electron chi connectivity index (χ4n) is 4.51. The number of furan rings is 1. The second-order valence-electron chi connectivity index (χ2n) is 8.63. The van der Waals surface area contributed by atoms with Crippen LogP contribution in [0.25, 0.3) is 17.4 Å². The Hall–Kier alpha value is -3.04. The Morgan fingerprint density at radius 3 is 2.61 bits per heavy atom. The van der Waals surface area contributed by atoms with Crippen molar-refractivity contribution in [2.75, 3.05) is 38.0 Å². The molecule has 1 fully saturated rings. The summed E-state index contributed by atoms with van der Waals surface area (Å²) in [4.78, 5) is 26.8. The summed E-state index contributed by atoms with van der Waals surface area (Å²) in [5, 5.41) is 7.50. The summed E-state index contributed by atoms with van der Waals surface area (Å²) in [6.45, 7) is 14.4. The van der Waals surface area contributed by atoms with E-state index in [1.54, 1.807) is 10.7 Å². The minimum Gasteiger partial charge on any atom is -0.458 e. The van der Waals surface area contributed by atoms with Crippen LogP contribution >= 0.6 is 0 Å². The molecule has 0 aromatic carbocycles. The lowest BCUT2D eigenvalue weighted by molar-refractivity contribution is -0.117. The van der Waals surface area contributed by atoms with E-state index < -0.39 is 0 Å².